The van der Waals surface area contributed by atoms with E-state index in [0.717, 1.165) is 30.4 Å². The minimum absolute atomic E-state index is 0.110. The fourth-order valence-corrected chi connectivity index (χ4v) is 4.09. The summed E-state index contributed by atoms with van der Waals surface area (Å²) in [6.07, 6.45) is 2.23. The second kappa shape index (κ2) is 7.30. The standard InChI is InChI=1S/C22H20O6/c1-12(23)28-17-8-4-6-14-19(17)21(24)15-10-9-13-5-3-7-16(27-11-26-2)18(13)20(15)22(14)25/h4,6,8-10,16H,3,5,7,11H2,1-2H3. The molecule has 28 heavy (non-hydrogen) atoms. The smallest absolute Gasteiger partial charge is 0.308 e. The first kappa shape index (κ1) is 18.5. The van der Waals surface area contributed by atoms with Crippen LogP contribution in [0.4, 0.5) is 0 Å². The molecular formula is C22H20O6. The van der Waals surface area contributed by atoms with Crippen LogP contribution in [0.25, 0.3) is 0 Å². The number of ketones is 2. The molecule has 2 aliphatic carbocycles. The van der Waals surface area contributed by atoms with Gasteiger partial charge in [0, 0.05) is 30.7 Å². The number of aryl methyl sites for hydroxylation is 1. The number of carbonyl (C=O) groups excluding carboxylic acids is 3. The number of ether oxygens (including phenoxy) is 3. The number of methoxy groups -OCH3 is 1. The van der Waals surface area contributed by atoms with Gasteiger partial charge in [-0.1, -0.05) is 18.2 Å². The molecule has 0 amide bonds. The predicted molar refractivity (Wildman–Crippen MR) is 99.7 cm³/mol. The third kappa shape index (κ3) is 2.95. The largest absolute Gasteiger partial charge is 0.426 e. The van der Waals surface area contributed by atoms with Gasteiger partial charge in [-0.15, -0.1) is 0 Å². The van der Waals surface area contributed by atoms with E-state index < -0.39 is 5.97 Å². The van der Waals surface area contributed by atoms with Crippen molar-refractivity contribution in [2.24, 2.45) is 0 Å². The molecule has 2 aromatic rings. The number of hydrogen-bond acceptors (Lipinski definition) is 6. The number of benzene rings is 2. The third-order valence-electron chi connectivity index (χ3n) is 5.18. The Balaban J connectivity index is 1.89. The first-order valence-corrected chi connectivity index (χ1v) is 9.20. The number of carbonyl (C=O) groups is 3. The van der Waals surface area contributed by atoms with Crippen molar-refractivity contribution in [2.45, 2.75) is 32.3 Å². The van der Waals surface area contributed by atoms with Crippen LogP contribution >= 0.6 is 0 Å². The van der Waals surface area contributed by atoms with E-state index in [9.17, 15) is 14.4 Å². The molecule has 1 atom stereocenters. The van der Waals surface area contributed by atoms with Gasteiger partial charge in [0.2, 0.25) is 0 Å². The molecule has 2 aliphatic rings. The van der Waals surface area contributed by atoms with E-state index >= 15 is 0 Å². The van der Waals surface area contributed by atoms with Crippen molar-refractivity contribution in [3.8, 4) is 5.75 Å². The van der Waals surface area contributed by atoms with Gasteiger partial charge >= 0.3 is 5.97 Å². The fraction of sp³-hybridized carbons (Fsp3) is 0.318. The van der Waals surface area contributed by atoms with Crippen LogP contribution in [0.2, 0.25) is 0 Å². The van der Waals surface area contributed by atoms with E-state index in [-0.39, 0.29) is 41.3 Å². The fourth-order valence-electron chi connectivity index (χ4n) is 4.09. The molecule has 0 heterocycles. The average molecular weight is 380 g/mol. The summed E-state index contributed by atoms with van der Waals surface area (Å²) in [5, 5.41) is 0. The van der Waals surface area contributed by atoms with Crippen LogP contribution in [-0.4, -0.2) is 31.4 Å². The summed E-state index contributed by atoms with van der Waals surface area (Å²) in [6.45, 7) is 1.37. The maximum Gasteiger partial charge on any atom is 0.308 e. The van der Waals surface area contributed by atoms with E-state index in [4.69, 9.17) is 14.2 Å². The Morgan fingerprint density at radius 3 is 2.57 bits per heavy atom. The zero-order valence-electron chi connectivity index (χ0n) is 15.7. The summed E-state index contributed by atoms with van der Waals surface area (Å²) in [6, 6.07) is 8.32. The molecule has 0 aromatic heterocycles. The van der Waals surface area contributed by atoms with Crippen molar-refractivity contribution in [3.63, 3.8) is 0 Å². The lowest BCUT2D eigenvalue weighted by Gasteiger charge is -2.30. The number of esters is 1. The van der Waals surface area contributed by atoms with Crippen LogP contribution in [0, 0.1) is 0 Å². The highest BCUT2D eigenvalue weighted by Gasteiger charge is 2.37. The van der Waals surface area contributed by atoms with Gasteiger partial charge < -0.3 is 14.2 Å². The van der Waals surface area contributed by atoms with Crippen LogP contribution in [0.15, 0.2) is 30.3 Å². The highest BCUT2D eigenvalue weighted by Crippen LogP contribution is 2.41. The Hall–Kier alpha value is -2.83. The Kier molecular flexibility index (Phi) is 4.83. The second-order valence-electron chi connectivity index (χ2n) is 6.95. The summed E-state index contributed by atoms with van der Waals surface area (Å²) in [4.78, 5) is 38.1. The maximum absolute atomic E-state index is 13.4. The maximum atomic E-state index is 13.4. The SMILES string of the molecule is COCOC1CCCc2ccc3c(c21)C(=O)c1cccc(OC(C)=O)c1C3=O. The van der Waals surface area contributed by atoms with Crippen LogP contribution in [-0.2, 0) is 20.7 Å². The van der Waals surface area contributed by atoms with E-state index in [2.05, 4.69) is 0 Å². The zero-order valence-corrected chi connectivity index (χ0v) is 15.7. The quantitative estimate of drug-likeness (QED) is 0.392. The van der Waals surface area contributed by atoms with Gasteiger partial charge in [0.15, 0.2) is 11.6 Å². The van der Waals surface area contributed by atoms with Gasteiger partial charge in [-0.05, 0) is 42.5 Å². The molecular weight excluding hydrogens is 360 g/mol. The average Bonchev–Trinajstić information content (AvgIpc) is 2.69. The molecule has 6 nitrogen and oxygen atoms in total. The molecule has 4 rings (SSSR count). The number of fused-ring (bicyclic) bond motifs is 4. The Bertz CT molecular complexity index is 991. The molecule has 0 N–H and O–H groups in total. The van der Waals surface area contributed by atoms with Crippen LogP contribution < -0.4 is 4.74 Å². The zero-order chi connectivity index (χ0) is 19.8. The number of rotatable bonds is 4. The van der Waals surface area contributed by atoms with Crippen molar-refractivity contribution >= 4 is 17.5 Å². The second-order valence-corrected chi connectivity index (χ2v) is 6.95. The molecule has 1 unspecified atom stereocenters. The highest BCUT2D eigenvalue weighted by molar-refractivity contribution is 6.30. The lowest BCUT2D eigenvalue weighted by atomic mass is 9.76. The van der Waals surface area contributed by atoms with Crippen molar-refractivity contribution in [2.75, 3.05) is 13.9 Å². The van der Waals surface area contributed by atoms with Crippen molar-refractivity contribution < 1.29 is 28.6 Å². The summed E-state index contributed by atoms with van der Waals surface area (Å²) in [5.41, 5.74) is 2.91. The molecule has 6 heteroatoms. The minimum Gasteiger partial charge on any atom is -0.426 e. The molecule has 144 valence electrons. The highest BCUT2D eigenvalue weighted by atomic mass is 16.7. The van der Waals surface area contributed by atoms with Crippen LogP contribution in [0.3, 0.4) is 0 Å². The molecule has 0 fully saturated rings. The van der Waals surface area contributed by atoms with Crippen molar-refractivity contribution in [3.05, 3.63) is 63.7 Å². The summed E-state index contributed by atoms with van der Waals surface area (Å²) < 4.78 is 16.0. The first-order chi connectivity index (χ1) is 13.5. The topological polar surface area (TPSA) is 78.9 Å². The van der Waals surface area contributed by atoms with E-state index in [1.165, 1.54) is 13.0 Å². The van der Waals surface area contributed by atoms with Crippen LogP contribution in [0.1, 0.15) is 68.8 Å². The third-order valence-corrected chi connectivity index (χ3v) is 5.18. The predicted octanol–water partition coefficient (Wildman–Crippen LogP) is 3.39. The Morgan fingerprint density at radius 1 is 1.07 bits per heavy atom. The lowest BCUT2D eigenvalue weighted by molar-refractivity contribution is -0.131. The molecule has 0 bridgehead atoms. The molecule has 0 saturated carbocycles. The van der Waals surface area contributed by atoms with Gasteiger partial charge in [0.25, 0.3) is 0 Å². The lowest BCUT2D eigenvalue weighted by Crippen LogP contribution is -2.27. The van der Waals surface area contributed by atoms with Gasteiger partial charge in [-0.2, -0.15) is 0 Å². The Labute approximate surface area is 162 Å². The molecule has 0 spiro atoms. The van der Waals surface area contributed by atoms with Gasteiger partial charge in [0.1, 0.15) is 12.5 Å². The normalized spacial score (nSPS) is 17.6. The van der Waals surface area contributed by atoms with Crippen molar-refractivity contribution in [1.82, 2.24) is 0 Å². The molecule has 0 radical (unpaired) electrons. The van der Waals surface area contributed by atoms with Crippen LogP contribution in [0.5, 0.6) is 5.75 Å². The van der Waals surface area contributed by atoms with E-state index in [1.54, 1.807) is 25.3 Å². The van der Waals surface area contributed by atoms with Crippen molar-refractivity contribution in [1.29, 1.82) is 0 Å². The molecule has 0 aliphatic heterocycles. The van der Waals surface area contributed by atoms with Gasteiger partial charge in [0.05, 0.1) is 11.7 Å². The first-order valence-electron chi connectivity index (χ1n) is 9.20. The Morgan fingerprint density at radius 2 is 1.82 bits per heavy atom. The van der Waals surface area contributed by atoms with Gasteiger partial charge in [-0.25, -0.2) is 0 Å². The number of hydrogen-bond donors (Lipinski definition) is 0. The van der Waals surface area contributed by atoms with E-state index in [1.807, 2.05) is 6.07 Å². The summed E-state index contributed by atoms with van der Waals surface area (Å²) in [7, 11) is 1.55. The molecule has 2 aromatic carbocycles. The summed E-state index contributed by atoms with van der Waals surface area (Å²) >= 11 is 0. The molecule has 0 saturated heterocycles. The minimum atomic E-state index is -0.544. The monoisotopic (exact) mass is 380 g/mol. The summed E-state index contributed by atoms with van der Waals surface area (Å²) in [5.74, 6) is -1.000. The van der Waals surface area contributed by atoms with Gasteiger partial charge in [-0.3, -0.25) is 14.4 Å². The van der Waals surface area contributed by atoms with E-state index in [0.29, 0.717) is 11.1 Å².